The molecule has 4 nitrogen and oxygen atoms in total. The summed E-state index contributed by atoms with van der Waals surface area (Å²) in [5.41, 5.74) is 0. The minimum Gasteiger partial charge on any atom is -0.380 e. The normalized spacial score (nSPS) is 23.2. The molecule has 4 heteroatoms. The van der Waals surface area contributed by atoms with Gasteiger partial charge in [-0.2, -0.15) is 0 Å². The highest BCUT2D eigenvalue weighted by atomic mass is 16.5. The first kappa shape index (κ1) is 8.72. The Morgan fingerprint density at radius 2 is 2.69 bits per heavy atom. The molecule has 72 valence electrons. The molecule has 1 aromatic heterocycles. The Labute approximate surface area is 77.7 Å². The zero-order chi connectivity index (χ0) is 8.93. The van der Waals surface area contributed by atoms with E-state index in [9.17, 15) is 0 Å². The van der Waals surface area contributed by atoms with Crippen molar-refractivity contribution in [3.05, 3.63) is 18.2 Å². The van der Waals surface area contributed by atoms with Gasteiger partial charge >= 0.3 is 0 Å². The maximum absolute atomic E-state index is 5.36. The second-order valence-corrected chi connectivity index (χ2v) is 3.33. The zero-order valence-electron chi connectivity index (χ0n) is 7.62. The van der Waals surface area contributed by atoms with E-state index >= 15 is 0 Å². The number of ether oxygens (including phenoxy) is 1. The van der Waals surface area contributed by atoms with E-state index in [1.54, 1.807) is 6.20 Å². The number of H-pyrrole nitrogens is 1. The summed E-state index contributed by atoms with van der Waals surface area (Å²) >= 11 is 0. The first-order valence-electron chi connectivity index (χ1n) is 4.74. The minimum absolute atomic E-state index is 0.499. The van der Waals surface area contributed by atoms with E-state index < -0.39 is 0 Å². The largest absolute Gasteiger partial charge is 0.380 e. The average molecular weight is 181 g/mol. The highest BCUT2D eigenvalue weighted by molar-refractivity contribution is 4.87. The molecular weight excluding hydrogens is 166 g/mol. The van der Waals surface area contributed by atoms with Crippen LogP contribution >= 0.6 is 0 Å². The van der Waals surface area contributed by atoms with Crippen LogP contribution in [0.25, 0.3) is 0 Å². The first-order valence-corrected chi connectivity index (χ1v) is 4.74. The molecule has 2 heterocycles. The standard InChI is InChI=1S/C9H15N3O/c1-2-8(7-13-5-1)12-6-9-10-3-4-11-9/h3-4,8,12H,1-2,5-7H2,(H,10,11)/t8-/m1/s1. The maximum atomic E-state index is 5.36. The molecule has 2 N–H and O–H groups in total. The smallest absolute Gasteiger partial charge is 0.120 e. The Morgan fingerprint density at radius 3 is 3.38 bits per heavy atom. The molecule has 0 spiro atoms. The number of aromatic nitrogens is 2. The molecule has 2 rings (SSSR count). The molecule has 1 aliphatic heterocycles. The van der Waals surface area contributed by atoms with Gasteiger partial charge in [0, 0.05) is 25.0 Å². The molecule has 0 aliphatic carbocycles. The van der Waals surface area contributed by atoms with Crippen molar-refractivity contribution in [1.82, 2.24) is 15.3 Å². The minimum atomic E-state index is 0.499. The van der Waals surface area contributed by atoms with Crippen molar-refractivity contribution in [1.29, 1.82) is 0 Å². The number of rotatable bonds is 3. The summed E-state index contributed by atoms with van der Waals surface area (Å²) in [5.74, 6) is 0.991. The molecule has 1 atom stereocenters. The van der Waals surface area contributed by atoms with Gasteiger partial charge in [-0.1, -0.05) is 0 Å². The lowest BCUT2D eigenvalue weighted by Gasteiger charge is -2.22. The van der Waals surface area contributed by atoms with Crippen LogP contribution < -0.4 is 5.32 Å². The van der Waals surface area contributed by atoms with E-state index in [2.05, 4.69) is 15.3 Å². The topological polar surface area (TPSA) is 49.9 Å². The lowest BCUT2D eigenvalue weighted by atomic mass is 10.1. The van der Waals surface area contributed by atoms with Crippen LogP contribution in [-0.2, 0) is 11.3 Å². The molecule has 1 aromatic rings. The van der Waals surface area contributed by atoms with Crippen LogP contribution in [-0.4, -0.2) is 29.2 Å². The fraction of sp³-hybridized carbons (Fsp3) is 0.667. The summed E-state index contributed by atoms with van der Waals surface area (Å²) < 4.78 is 5.36. The Balaban J connectivity index is 1.72. The number of aromatic amines is 1. The second kappa shape index (κ2) is 4.39. The maximum Gasteiger partial charge on any atom is 0.120 e. The number of hydrogen-bond acceptors (Lipinski definition) is 3. The van der Waals surface area contributed by atoms with Crippen LogP contribution in [0.2, 0.25) is 0 Å². The quantitative estimate of drug-likeness (QED) is 0.721. The lowest BCUT2D eigenvalue weighted by Crippen LogP contribution is -2.36. The van der Waals surface area contributed by atoms with Gasteiger partial charge in [-0.25, -0.2) is 4.98 Å². The molecule has 0 saturated carbocycles. The summed E-state index contributed by atoms with van der Waals surface area (Å²) in [5, 5.41) is 3.41. The molecular formula is C9H15N3O. The van der Waals surface area contributed by atoms with Gasteiger partial charge in [-0.3, -0.25) is 0 Å². The third-order valence-electron chi connectivity index (χ3n) is 2.27. The van der Waals surface area contributed by atoms with Crippen molar-refractivity contribution in [2.45, 2.75) is 25.4 Å². The van der Waals surface area contributed by atoms with Gasteiger partial charge in [0.15, 0.2) is 0 Å². The van der Waals surface area contributed by atoms with Crippen LogP contribution in [0.15, 0.2) is 12.4 Å². The fourth-order valence-electron chi connectivity index (χ4n) is 1.54. The van der Waals surface area contributed by atoms with Gasteiger partial charge in [0.05, 0.1) is 13.2 Å². The van der Waals surface area contributed by atoms with E-state index in [0.29, 0.717) is 6.04 Å². The molecule has 1 saturated heterocycles. The highest BCUT2D eigenvalue weighted by Crippen LogP contribution is 2.05. The van der Waals surface area contributed by atoms with Gasteiger partial charge in [0.2, 0.25) is 0 Å². The van der Waals surface area contributed by atoms with Crippen molar-refractivity contribution >= 4 is 0 Å². The SMILES string of the molecule is c1c[nH]c(CN[C@@H]2CCCOC2)n1. The van der Waals surface area contributed by atoms with E-state index in [-0.39, 0.29) is 0 Å². The summed E-state index contributed by atoms with van der Waals surface area (Å²) in [4.78, 5) is 7.20. The molecule has 0 radical (unpaired) electrons. The van der Waals surface area contributed by atoms with E-state index in [1.807, 2.05) is 6.20 Å². The third-order valence-corrected chi connectivity index (χ3v) is 2.27. The number of hydrogen-bond donors (Lipinski definition) is 2. The highest BCUT2D eigenvalue weighted by Gasteiger charge is 2.12. The summed E-state index contributed by atoms with van der Waals surface area (Å²) in [6, 6.07) is 0.499. The first-order chi connectivity index (χ1) is 6.45. The van der Waals surface area contributed by atoms with Crippen LogP contribution in [0.4, 0.5) is 0 Å². The van der Waals surface area contributed by atoms with Crippen molar-refractivity contribution in [3.63, 3.8) is 0 Å². The van der Waals surface area contributed by atoms with Gasteiger partial charge in [0.25, 0.3) is 0 Å². The molecule has 1 fully saturated rings. The Kier molecular flexibility index (Phi) is 2.94. The summed E-state index contributed by atoms with van der Waals surface area (Å²) in [6.07, 6.45) is 5.99. The third kappa shape index (κ3) is 2.54. The molecule has 1 aliphatic rings. The molecule has 0 amide bonds. The van der Waals surface area contributed by atoms with Gasteiger partial charge in [-0.15, -0.1) is 0 Å². The molecule has 13 heavy (non-hydrogen) atoms. The van der Waals surface area contributed by atoms with Crippen LogP contribution in [0.5, 0.6) is 0 Å². The Hall–Kier alpha value is -0.870. The van der Waals surface area contributed by atoms with Crippen LogP contribution in [0.1, 0.15) is 18.7 Å². The number of imidazole rings is 1. The van der Waals surface area contributed by atoms with E-state index in [0.717, 1.165) is 32.0 Å². The molecule has 0 bridgehead atoms. The zero-order valence-corrected chi connectivity index (χ0v) is 7.62. The second-order valence-electron chi connectivity index (χ2n) is 3.33. The Bertz CT molecular complexity index is 229. The Morgan fingerprint density at radius 1 is 1.69 bits per heavy atom. The van der Waals surface area contributed by atoms with Crippen LogP contribution in [0.3, 0.4) is 0 Å². The predicted molar refractivity (Wildman–Crippen MR) is 49.3 cm³/mol. The van der Waals surface area contributed by atoms with E-state index in [1.165, 1.54) is 6.42 Å². The summed E-state index contributed by atoms with van der Waals surface area (Å²) in [7, 11) is 0. The predicted octanol–water partition coefficient (Wildman–Crippen LogP) is 0.678. The van der Waals surface area contributed by atoms with Crippen molar-refractivity contribution in [3.8, 4) is 0 Å². The molecule has 0 aromatic carbocycles. The van der Waals surface area contributed by atoms with Crippen molar-refractivity contribution < 1.29 is 4.74 Å². The monoisotopic (exact) mass is 181 g/mol. The van der Waals surface area contributed by atoms with Crippen molar-refractivity contribution in [2.24, 2.45) is 0 Å². The lowest BCUT2D eigenvalue weighted by molar-refractivity contribution is 0.0697. The fourth-order valence-corrected chi connectivity index (χ4v) is 1.54. The van der Waals surface area contributed by atoms with Gasteiger partial charge in [-0.05, 0) is 12.8 Å². The summed E-state index contributed by atoms with van der Waals surface area (Å²) in [6.45, 7) is 2.56. The van der Waals surface area contributed by atoms with Crippen molar-refractivity contribution in [2.75, 3.05) is 13.2 Å². The van der Waals surface area contributed by atoms with E-state index in [4.69, 9.17) is 4.74 Å². The number of nitrogens with one attached hydrogen (secondary N) is 2. The average Bonchev–Trinajstić information content (AvgIpc) is 2.69. The van der Waals surface area contributed by atoms with Gasteiger partial charge < -0.3 is 15.0 Å². The van der Waals surface area contributed by atoms with Crippen LogP contribution in [0, 0.1) is 0 Å². The van der Waals surface area contributed by atoms with Gasteiger partial charge in [0.1, 0.15) is 5.82 Å². The molecule has 0 unspecified atom stereocenters. The number of nitrogens with zero attached hydrogens (tertiary/aromatic N) is 1.